The zero-order valence-corrected chi connectivity index (χ0v) is 27.4. The molecule has 1 aliphatic heterocycles. The third-order valence-electron chi connectivity index (χ3n) is 7.51. The van der Waals surface area contributed by atoms with Crippen molar-refractivity contribution in [2.75, 3.05) is 7.05 Å². The molecular weight excluding hydrogens is 634 g/mol. The van der Waals surface area contributed by atoms with Crippen molar-refractivity contribution in [3.05, 3.63) is 85.3 Å². The predicted molar refractivity (Wildman–Crippen MR) is 166 cm³/mol. The van der Waals surface area contributed by atoms with Gasteiger partial charge in [-0.1, -0.05) is 84.9 Å². The Bertz CT molecular complexity index is 1540. The Morgan fingerprint density at radius 3 is 2.00 bits per heavy atom. The highest BCUT2D eigenvalue weighted by molar-refractivity contribution is 9.11. The minimum Gasteiger partial charge on any atom is -0.505 e. The number of imide groups is 1. The zero-order valence-electron chi connectivity index (χ0n) is 24.2. The van der Waals surface area contributed by atoms with Gasteiger partial charge in [0.15, 0.2) is 0 Å². The molecule has 0 saturated heterocycles. The highest BCUT2D eigenvalue weighted by Crippen LogP contribution is 2.48. The molecule has 8 heteroatoms. The van der Waals surface area contributed by atoms with E-state index in [1.54, 1.807) is 6.07 Å². The van der Waals surface area contributed by atoms with Crippen molar-refractivity contribution in [2.45, 2.75) is 65.7 Å². The molecule has 0 aliphatic carbocycles. The molecule has 0 unspecified atom stereocenters. The molecule has 40 heavy (non-hydrogen) atoms. The number of nitrogens with zero attached hydrogens (tertiary/aromatic N) is 3. The Morgan fingerprint density at radius 2 is 1.40 bits per heavy atom. The molecule has 0 radical (unpaired) electrons. The molecule has 0 fully saturated rings. The van der Waals surface area contributed by atoms with Gasteiger partial charge in [0.1, 0.15) is 17.1 Å². The van der Waals surface area contributed by atoms with E-state index in [1.807, 2.05) is 24.3 Å². The lowest BCUT2D eigenvalue weighted by atomic mass is 9.70. The second-order valence-corrected chi connectivity index (χ2v) is 14.5. The van der Waals surface area contributed by atoms with Crippen LogP contribution in [0.1, 0.15) is 92.3 Å². The minimum atomic E-state index is -0.534. The van der Waals surface area contributed by atoms with E-state index in [-0.39, 0.29) is 33.4 Å². The summed E-state index contributed by atoms with van der Waals surface area (Å²) in [5, 5.41) is 20.6. The van der Waals surface area contributed by atoms with Gasteiger partial charge in [-0.05, 0) is 72.4 Å². The number of hydrogen-bond donors (Lipinski definition) is 1. The van der Waals surface area contributed by atoms with Crippen molar-refractivity contribution in [1.29, 1.82) is 0 Å². The van der Waals surface area contributed by atoms with Crippen LogP contribution < -0.4 is 0 Å². The quantitative estimate of drug-likeness (QED) is 0.210. The number of azo groups is 1. The number of amides is 2. The van der Waals surface area contributed by atoms with Gasteiger partial charge in [0.2, 0.25) is 0 Å². The maximum atomic E-state index is 13.0. The number of hydrogen-bond acceptors (Lipinski definition) is 5. The van der Waals surface area contributed by atoms with Crippen molar-refractivity contribution in [1.82, 2.24) is 4.90 Å². The van der Waals surface area contributed by atoms with Crippen LogP contribution in [-0.2, 0) is 10.8 Å². The van der Waals surface area contributed by atoms with Crippen molar-refractivity contribution in [2.24, 2.45) is 15.6 Å². The average molecular weight is 669 g/mol. The molecule has 0 spiro atoms. The first-order valence-electron chi connectivity index (χ1n) is 13.2. The van der Waals surface area contributed by atoms with E-state index < -0.39 is 17.2 Å². The van der Waals surface area contributed by atoms with Gasteiger partial charge in [-0.3, -0.25) is 14.5 Å². The number of halogens is 2. The van der Waals surface area contributed by atoms with Crippen molar-refractivity contribution >= 4 is 55.0 Å². The van der Waals surface area contributed by atoms with E-state index >= 15 is 0 Å². The number of carbonyl (C=O) groups is 2. The van der Waals surface area contributed by atoms with Gasteiger partial charge >= 0.3 is 0 Å². The lowest BCUT2D eigenvalue weighted by molar-refractivity contribution is 0.0693. The van der Waals surface area contributed by atoms with Gasteiger partial charge in [0.05, 0.1) is 11.1 Å². The van der Waals surface area contributed by atoms with Gasteiger partial charge in [0.25, 0.3) is 11.8 Å². The Kier molecular flexibility index (Phi) is 7.93. The van der Waals surface area contributed by atoms with Gasteiger partial charge in [0, 0.05) is 27.0 Å². The molecule has 0 bridgehead atoms. The summed E-state index contributed by atoms with van der Waals surface area (Å²) in [7, 11) is 1.44. The lowest BCUT2D eigenvalue weighted by Gasteiger charge is -2.35. The van der Waals surface area contributed by atoms with Crippen LogP contribution in [0.5, 0.6) is 5.75 Å². The monoisotopic (exact) mass is 667 g/mol. The van der Waals surface area contributed by atoms with Gasteiger partial charge in [-0.15, -0.1) is 10.2 Å². The third-order valence-corrected chi connectivity index (χ3v) is 8.74. The molecule has 3 aromatic rings. The number of carbonyl (C=O) groups excluding carboxylic acids is 2. The molecule has 210 valence electrons. The fraction of sp³-hybridized carbons (Fsp3) is 0.375. The molecule has 0 atom stereocenters. The number of phenols is 1. The zero-order chi connectivity index (χ0) is 29.8. The minimum absolute atomic E-state index is 0.0253. The third kappa shape index (κ3) is 5.53. The maximum Gasteiger partial charge on any atom is 0.263 e. The molecule has 6 nitrogen and oxygen atoms in total. The second kappa shape index (κ2) is 10.5. The van der Waals surface area contributed by atoms with Gasteiger partial charge in [-0.25, -0.2) is 0 Å². The predicted octanol–water partition coefficient (Wildman–Crippen LogP) is 9.60. The highest BCUT2D eigenvalue weighted by atomic mass is 79.9. The van der Waals surface area contributed by atoms with Crippen LogP contribution >= 0.6 is 31.9 Å². The molecule has 1 N–H and O–H groups in total. The van der Waals surface area contributed by atoms with Crippen molar-refractivity contribution in [3.8, 4) is 5.75 Å². The molecule has 1 aliphatic rings. The number of rotatable bonds is 6. The molecule has 1 heterocycles. The summed E-state index contributed by atoms with van der Waals surface area (Å²) in [6.07, 6.45) is 0.904. The molecule has 0 saturated carbocycles. The standard InChI is InChI=1S/C32H35Br2N3O3/c1-30(2,3)17-31(4,5)19-14-20(32(6,7)18-12-10-9-11-13-18)27(38)23(15-19)35-36-26-22(34)16-21(33)24-25(26)29(40)37(8)28(24)39/h9-16,38H,17H2,1-8H3. The molecule has 4 rings (SSSR count). The smallest absolute Gasteiger partial charge is 0.263 e. The Labute approximate surface area is 253 Å². The number of aromatic hydroxyl groups is 1. The molecule has 0 aromatic heterocycles. The van der Waals surface area contributed by atoms with Crippen LogP contribution in [0.3, 0.4) is 0 Å². The van der Waals surface area contributed by atoms with Crippen molar-refractivity contribution < 1.29 is 14.7 Å². The van der Waals surface area contributed by atoms with E-state index in [0.29, 0.717) is 14.6 Å². The van der Waals surface area contributed by atoms with Crippen LogP contribution in [0.25, 0.3) is 0 Å². The van der Waals surface area contributed by atoms with Crippen LogP contribution in [-0.4, -0.2) is 28.9 Å². The normalized spacial score (nSPS) is 14.4. The van der Waals surface area contributed by atoms with E-state index in [9.17, 15) is 14.7 Å². The fourth-order valence-corrected chi connectivity index (χ4v) is 7.07. The Hall–Kier alpha value is -2.84. The SMILES string of the molecule is CN1C(=O)c2c(Br)cc(Br)c(N=Nc3cc(C(C)(C)CC(C)(C)C)cc(C(C)(C)c4ccccc4)c3O)c2C1=O. The number of fused-ring (bicyclic) bond motifs is 1. The lowest BCUT2D eigenvalue weighted by Crippen LogP contribution is -2.26. The summed E-state index contributed by atoms with van der Waals surface area (Å²) in [6, 6.07) is 15.7. The fourth-order valence-electron chi connectivity index (χ4n) is 5.66. The van der Waals surface area contributed by atoms with E-state index in [4.69, 9.17) is 0 Å². The van der Waals surface area contributed by atoms with Crippen molar-refractivity contribution in [3.63, 3.8) is 0 Å². The summed E-state index contributed by atoms with van der Waals surface area (Å²) >= 11 is 6.89. The van der Waals surface area contributed by atoms with Crippen LogP contribution in [0.2, 0.25) is 0 Å². The second-order valence-electron chi connectivity index (χ2n) is 12.8. The summed E-state index contributed by atoms with van der Waals surface area (Å²) in [5.41, 5.74) is 3.08. The summed E-state index contributed by atoms with van der Waals surface area (Å²) in [4.78, 5) is 26.8. The Morgan fingerprint density at radius 1 is 0.800 bits per heavy atom. The number of benzene rings is 3. The average Bonchev–Trinajstić information content (AvgIpc) is 3.08. The van der Waals surface area contributed by atoms with E-state index in [2.05, 4.69) is 109 Å². The topological polar surface area (TPSA) is 82.3 Å². The Balaban J connectivity index is 1.94. The van der Waals surface area contributed by atoms with E-state index in [1.165, 1.54) is 7.05 Å². The summed E-state index contributed by atoms with van der Waals surface area (Å²) < 4.78 is 1.00. The van der Waals surface area contributed by atoms with Crippen LogP contribution in [0.4, 0.5) is 11.4 Å². The first kappa shape index (κ1) is 30.1. The first-order chi connectivity index (χ1) is 18.5. The number of phenolic OH excluding ortho intramolecular Hbond substituents is 1. The maximum absolute atomic E-state index is 13.0. The highest BCUT2D eigenvalue weighted by Gasteiger charge is 2.38. The largest absolute Gasteiger partial charge is 0.505 e. The molecule has 3 aromatic carbocycles. The van der Waals surface area contributed by atoms with Crippen LogP contribution in [0, 0.1) is 5.41 Å². The molecule has 2 amide bonds. The van der Waals surface area contributed by atoms with Gasteiger partial charge in [-0.2, -0.15) is 0 Å². The first-order valence-corrected chi connectivity index (χ1v) is 14.7. The van der Waals surface area contributed by atoms with Crippen LogP contribution in [0.15, 0.2) is 67.7 Å². The van der Waals surface area contributed by atoms with Gasteiger partial charge < -0.3 is 5.11 Å². The molecular formula is C32H35Br2N3O3. The summed E-state index contributed by atoms with van der Waals surface area (Å²) in [6.45, 7) is 15.2. The summed E-state index contributed by atoms with van der Waals surface area (Å²) in [5.74, 6) is -0.833. The van der Waals surface area contributed by atoms with E-state index in [0.717, 1.165) is 28.0 Å².